The number of hydrogen-bond donors (Lipinski definition) is 3. The maximum Gasteiger partial charge on any atom is 0.303 e. The monoisotopic (exact) mass is 400 g/mol. The highest BCUT2D eigenvalue weighted by atomic mass is 16.5. The Morgan fingerprint density at radius 1 is 0.667 bits per heavy atom. The van der Waals surface area contributed by atoms with Crippen LogP contribution in [0, 0.1) is 0 Å². The van der Waals surface area contributed by atoms with Gasteiger partial charge in [-0.15, -0.1) is 0 Å². The SMILES string of the molecule is O=C(O)CCC12c3ccccc3C(CCC(O)O)(c3ccccc31)c1ccccc12. The normalized spacial score (nSPS) is 23.0. The molecule has 3 N–H and O–H groups in total. The van der Waals surface area contributed by atoms with Crippen LogP contribution in [0.2, 0.25) is 0 Å². The molecule has 0 fully saturated rings. The minimum atomic E-state index is -1.38. The molecule has 4 nitrogen and oxygen atoms in total. The van der Waals surface area contributed by atoms with Crippen molar-refractivity contribution in [3.05, 3.63) is 106 Å². The molecular formula is C26H24O4. The molecule has 3 aromatic rings. The van der Waals surface area contributed by atoms with Crippen molar-refractivity contribution in [2.75, 3.05) is 0 Å². The summed E-state index contributed by atoms with van der Waals surface area (Å²) in [4.78, 5) is 11.6. The lowest BCUT2D eigenvalue weighted by Gasteiger charge is -2.57. The number of aliphatic hydroxyl groups excluding tert-OH is 1. The van der Waals surface area contributed by atoms with Crippen molar-refractivity contribution < 1.29 is 20.1 Å². The summed E-state index contributed by atoms with van der Waals surface area (Å²) in [5, 5.41) is 29.0. The number of aliphatic hydroxyl groups is 2. The first-order valence-corrected chi connectivity index (χ1v) is 10.4. The molecule has 0 spiro atoms. The third-order valence-electron chi connectivity index (χ3n) is 7.03. The van der Waals surface area contributed by atoms with Crippen LogP contribution in [0.1, 0.15) is 59.1 Å². The fraction of sp³-hybridized carbons (Fsp3) is 0.269. The maximum absolute atomic E-state index is 11.6. The topological polar surface area (TPSA) is 77.8 Å². The molecule has 0 saturated heterocycles. The Morgan fingerprint density at radius 2 is 1.00 bits per heavy atom. The van der Waals surface area contributed by atoms with Crippen LogP contribution >= 0.6 is 0 Å². The first-order chi connectivity index (χ1) is 14.5. The zero-order valence-electron chi connectivity index (χ0n) is 16.6. The quantitative estimate of drug-likeness (QED) is 0.548. The van der Waals surface area contributed by atoms with Gasteiger partial charge in [0, 0.05) is 17.3 Å². The van der Waals surface area contributed by atoms with Crippen LogP contribution in [0.4, 0.5) is 0 Å². The first-order valence-electron chi connectivity index (χ1n) is 10.4. The summed E-state index contributed by atoms with van der Waals surface area (Å²) in [6.45, 7) is 0. The third kappa shape index (κ3) is 2.38. The molecule has 3 aliphatic carbocycles. The zero-order chi connectivity index (χ0) is 20.9. The predicted molar refractivity (Wildman–Crippen MR) is 113 cm³/mol. The lowest BCUT2D eigenvalue weighted by molar-refractivity contribution is -0.137. The molecule has 0 heterocycles. The second kappa shape index (κ2) is 6.79. The van der Waals surface area contributed by atoms with E-state index < -0.39 is 23.1 Å². The van der Waals surface area contributed by atoms with E-state index in [1.54, 1.807) is 0 Å². The van der Waals surface area contributed by atoms with Gasteiger partial charge < -0.3 is 15.3 Å². The molecule has 4 heteroatoms. The van der Waals surface area contributed by atoms with Crippen molar-refractivity contribution in [2.24, 2.45) is 0 Å². The molecule has 0 unspecified atom stereocenters. The van der Waals surface area contributed by atoms with Gasteiger partial charge in [0.15, 0.2) is 6.29 Å². The van der Waals surface area contributed by atoms with Crippen LogP contribution in [0.15, 0.2) is 72.8 Å². The van der Waals surface area contributed by atoms with E-state index >= 15 is 0 Å². The van der Waals surface area contributed by atoms with Crippen molar-refractivity contribution in [1.82, 2.24) is 0 Å². The Labute approximate surface area is 175 Å². The molecule has 30 heavy (non-hydrogen) atoms. The molecule has 0 aliphatic heterocycles. The van der Waals surface area contributed by atoms with Crippen LogP contribution in [0.3, 0.4) is 0 Å². The molecule has 2 bridgehead atoms. The second-order valence-corrected chi connectivity index (χ2v) is 8.36. The van der Waals surface area contributed by atoms with Gasteiger partial charge in [-0.2, -0.15) is 0 Å². The number of carboxylic acids is 1. The summed E-state index contributed by atoms with van der Waals surface area (Å²) in [5.41, 5.74) is 5.83. The van der Waals surface area contributed by atoms with Gasteiger partial charge in [-0.3, -0.25) is 4.79 Å². The van der Waals surface area contributed by atoms with Gasteiger partial charge in [0.1, 0.15) is 0 Å². The molecule has 0 atom stereocenters. The molecule has 6 rings (SSSR count). The number of hydrogen-bond acceptors (Lipinski definition) is 3. The number of carbonyl (C=O) groups is 1. The molecule has 0 saturated carbocycles. The lowest BCUT2D eigenvalue weighted by Crippen LogP contribution is -2.51. The van der Waals surface area contributed by atoms with E-state index in [0.717, 1.165) is 33.4 Å². The van der Waals surface area contributed by atoms with E-state index in [1.165, 1.54) is 0 Å². The Balaban J connectivity index is 1.89. The van der Waals surface area contributed by atoms with Crippen molar-refractivity contribution in [3.63, 3.8) is 0 Å². The fourth-order valence-corrected chi connectivity index (χ4v) is 6.00. The largest absolute Gasteiger partial charge is 0.481 e. The van der Waals surface area contributed by atoms with Crippen LogP contribution in [-0.2, 0) is 15.6 Å². The minimum absolute atomic E-state index is 0.0688. The van der Waals surface area contributed by atoms with Crippen LogP contribution in [-0.4, -0.2) is 27.6 Å². The van der Waals surface area contributed by atoms with Crippen molar-refractivity contribution >= 4 is 5.97 Å². The number of benzene rings is 3. The minimum Gasteiger partial charge on any atom is -0.481 e. The van der Waals surface area contributed by atoms with Gasteiger partial charge in [0.25, 0.3) is 0 Å². The summed E-state index contributed by atoms with van der Waals surface area (Å²) in [7, 11) is 0. The molecule has 0 radical (unpaired) electrons. The Kier molecular flexibility index (Phi) is 4.31. The molecule has 3 aromatic carbocycles. The summed E-state index contributed by atoms with van der Waals surface area (Å²) in [6, 6.07) is 24.8. The van der Waals surface area contributed by atoms with E-state index in [1.807, 2.05) is 36.4 Å². The smallest absolute Gasteiger partial charge is 0.303 e. The zero-order valence-corrected chi connectivity index (χ0v) is 16.6. The summed E-state index contributed by atoms with van der Waals surface area (Å²) in [5.74, 6) is -0.803. The Hall–Kier alpha value is -2.95. The molecule has 3 aliphatic rings. The average molecular weight is 400 g/mol. The Bertz CT molecular complexity index is 1010. The number of carboxylic acid groups (broad SMARTS) is 1. The second-order valence-electron chi connectivity index (χ2n) is 8.36. The van der Waals surface area contributed by atoms with Crippen LogP contribution in [0.5, 0.6) is 0 Å². The lowest BCUT2D eigenvalue weighted by atomic mass is 9.45. The van der Waals surface area contributed by atoms with E-state index in [4.69, 9.17) is 0 Å². The fourth-order valence-electron chi connectivity index (χ4n) is 6.00. The van der Waals surface area contributed by atoms with E-state index in [9.17, 15) is 20.1 Å². The Morgan fingerprint density at radius 3 is 1.30 bits per heavy atom. The van der Waals surface area contributed by atoms with E-state index in [-0.39, 0.29) is 12.8 Å². The van der Waals surface area contributed by atoms with Crippen molar-refractivity contribution in [2.45, 2.75) is 42.8 Å². The highest BCUT2D eigenvalue weighted by Gasteiger charge is 2.57. The third-order valence-corrected chi connectivity index (χ3v) is 7.03. The average Bonchev–Trinajstić information content (AvgIpc) is 2.77. The predicted octanol–water partition coefficient (Wildman–Crippen LogP) is 3.94. The van der Waals surface area contributed by atoms with E-state index in [2.05, 4.69) is 36.4 Å². The molecule has 0 amide bonds. The van der Waals surface area contributed by atoms with Gasteiger partial charge >= 0.3 is 5.97 Å². The number of rotatable bonds is 6. The summed E-state index contributed by atoms with van der Waals surface area (Å²) >= 11 is 0. The van der Waals surface area contributed by atoms with Crippen LogP contribution in [0.25, 0.3) is 0 Å². The van der Waals surface area contributed by atoms with Crippen LogP contribution < -0.4 is 0 Å². The molecular weight excluding hydrogens is 376 g/mol. The van der Waals surface area contributed by atoms with Gasteiger partial charge in [-0.05, 0) is 52.6 Å². The van der Waals surface area contributed by atoms with Gasteiger partial charge in [-0.25, -0.2) is 0 Å². The summed E-state index contributed by atoms with van der Waals surface area (Å²) in [6.07, 6.45) is -0.0265. The number of aliphatic carboxylic acids is 1. The highest BCUT2D eigenvalue weighted by Crippen LogP contribution is 2.64. The van der Waals surface area contributed by atoms with Gasteiger partial charge in [0.05, 0.1) is 0 Å². The van der Waals surface area contributed by atoms with Crippen molar-refractivity contribution in [1.29, 1.82) is 0 Å². The standard InChI is InChI=1S/C26H24O4/c27-23(28)13-15-25-17-7-1-2-8-18(17)26(16-14-24(29)30,21-11-5-3-9-19(21)25)22-12-6-4-10-20(22)25/h1-12,23,27-28H,13-16H2,(H,29,30). The van der Waals surface area contributed by atoms with Gasteiger partial charge in [0.2, 0.25) is 0 Å². The highest BCUT2D eigenvalue weighted by molar-refractivity contribution is 5.76. The maximum atomic E-state index is 11.6. The summed E-state index contributed by atoms with van der Waals surface area (Å²) < 4.78 is 0. The van der Waals surface area contributed by atoms with Crippen molar-refractivity contribution in [3.8, 4) is 0 Å². The first kappa shape index (κ1) is 19.0. The van der Waals surface area contributed by atoms with E-state index in [0.29, 0.717) is 12.8 Å². The molecule has 0 aromatic heterocycles. The van der Waals surface area contributed by atoms with Gasteiger partial charge in [-0.1, -0.05) is 72.8 Å². The molecule has 152 valence electrons.